The SMILES string of the molecule is O=C(c1ccccc1Br)N1CC2CC1CS2(=O)=O. The van der Waals surface area contributed by atoms with Crippen molar-refractivity contribution >= 4 is 31.7 Å². The Morgan fingerprint density at radius 3 is 2.61 bits per heavy atom. The summed E-state index contributed by atoms with van der Waals surface area (Å²) in [7, 11) is -2.95. The highest BCUT2D eigenvalue weighted by Gasteiger charge is 2.50. The zero-order chi connectivity index (χ0) is 12.9. The Morgan fingerprint density at radius 2 is 2.06 bits per heavy atom. The Kier molecular flexibility index (Phi) is 2.75. The first-order valence-electron chi connectivity index (χ1n) is 5.76. The Morgan fingerprint density at radius 1 is 1.33 bits per heavy atom. The van der Waals surface area contributed by atoms with Gasteiger partial charge in [0.15, 0.2) is 9.84 Å². The van der Waals surface area contributed by atoms with Crippen LogP contribution >= 0.6 is 15.9 Å². The third-order valence-corrected chi connectivity index (χ3v) is 6.57. The van der Waals surface area contributed by atoms with Gasteiger partial charge in [-0.3, -0.25) is 4.79 Å². The molecule has 0 radical (unpaired) electrons. The molecule has 2 fully saturated rings. The quantitative estimate of drug-likeness (QED) is 0.783. The zero-order valence-electron chi connectivity index (χ0n) is 9.54. The number of hydrogen-bond donors (Lipinski definition) is 0. The lowest BCUT2D eigenvalue weighted by molar-refractivity contribution is 0.0745. The van der Waals surface area contributed by atoms with Crippen molar-refractivity contribution in [1.29, 1.82) is 0 Å². The fraction of sp³-hybridized carbons (Fsp3) is 0.417. The number of halogens is 1. The normalized spacial score (nSPS) is 28.6. The van der Waals surface area contributed by atoms with Crippen molar-refractivity contribution in [2.45, 2.75) is 17.7 Å². The van der Waals surface area contributed by atoms with E-state index in [0.29, 0.717) is 18.5 Å². The molecule has 2 aliphatic heterocycles. The first kappa shape index (κ1) is 12.2. The molecule has 2 bridgehead atoms. The molecular formula is C12H12BrNO3S. The first-order valence-corrected chi connectivity index (χ1v) is 8.27. The molecule has 2 aliphatic rings. The number of carbonyl (C=O) groups is 1. The van der Waals surface area contributed by atoms with Gasteiger partial charge < -0.3 is 4.90 Å². The van der Waals surface area contributed by atoms with Crippen molar-refractivity contribution in [1.82, 2.24) is 4.90 Å². The molecule has 0 aromatic heterocycles. The third kappa shape index (κ3) is 1.78. The Labute approximate surface area is 114 Å². The number of nitrogens with zero attached hydrogens (tertiary/aromatic N) is 1. The molecule has 6 heteroatoms. The highest BCUT2D eigenvalue weighted by molar-refractivity contribution is 9.10. The third-order valence-electron chi connectivity index (χ3n) is 3.67. The van der Waals surface area contributed by atoms with E-state index in [9.17, 15) is 13.2 Å². The highest BCUT2D eigenvalue weighted by atomic mass is 79.9. The van der Waals surface area contributed by atoms with E-state index in [1.807, 2.05) is 18.2 Å². The maximum atomic E-state index is 12.4. The lowest BCUT2D eigenvalue weighted by atomic mass is 10.2. The van der Waals surface area contributed by atoms with Gasteiger partial charge in [-0.2, -0.15) is 0 Å². The molecule has 2 unspecified atom stereocenters. The second kappa shape index (κ2) is 4.06. The summed E-state index contributed by atoms with van der Waals surface area (Å²) in [5.41, 5.74) is 0.599. The van der Waals surface area contributed by atoms with Crippen LogP contribution in [0.15, 0.2) is 28.7 Å². The minimum atomic E-state index is -2.95. The van der Waals surface area contributed by atoms with Gasteiger partial charge in [0.1, 0.15) is 0 Å². The maximum Gasteiger partial charge on any atom is 0.255 e. The van der Waals surface area contributed by atoms with E-state index in [4.69, 9.17) is 0 Å². The van der Waals surface area contributed by atoms with E-state index in [2.05, 4.69) is 15.9 Å². The van der Waals surface area contributed by atoms with E-state index in [0.717, 1.165) is 4.47 Å². The van der Waals surface area contributed by atoms with Crippen LogP contribution in [0.5, 0.6) is 0 Å². The maximum absolute atomic E-state index is 12.4. The van der Waals surface area contributed by atoms with Crippen LogP contribution < -0.4 is 0 Å². The predicted molar refractivity (Wildman–Crippen MR) is 71.2 cm³/mol. The molecule has 3 rings (SSSR count). The highest BCUT2D eigenvalue weighted by Crippen LogP contribution is 2.34. The summed E-state index contributed by atoms with van der Waals surface area (Å²) in [6.07, 6.45) is 0.596. The first-order chi connectivity index (χ1) is 8.49. The van der Waals surface area contributed by atoms with Crippen molar-refractivity contribution < 1.29 is 13.2 Å². The standard InChI is InChI=1S/C12H12BrNO3S/c13-11-4-2-1-3-10(11)12(15)14-6-9-5-8(14)7-18(9,16)17/h1-4,8-9H,5-7H2. The Bertz CT molecular complexity index is 614. The van der Waals surface area contributed by atoms with E-state index in [-0.39, 0.29) is 23.0 Å². The number of sulfone groups is 1. The van der Waals surface area contributed by atoms with Crippen LogP contribution in [0.1, 0.15) is 16.8 Å². The summed E-state index contributed by atoms with van der Waals surface area (Å²) in [6.45, 7) is 0.340. The lowest BCUT2D eigenvalue weighted by Crippen LogP contribution is -2.44. The average Bonchev–Trinajstić information content (AvgIpc) is 2.84. The Hall–Kier alpha value is -0.880. The average molecular weight is 330 g/mol. The van der Waals surface area contributed by atoms with Crippen LogP contribution in [0.3, 0.4) is 0 Å². The molecular weight excluding hydrogens is 318 g/mol. The largest absolute Gasteiger partial charge is 0.333 e. The van der Waals surface area contributed by atoms with Gasteiger partial charge in [0.05, 0.1) is 16.6 Å². The van der Waals surface area contributed by atoms with Gasteiger partial charge in [-0.1, -0.05) is 12.1 Å². The zero-order valence-corrected chi connectivity index (χ0v) is 11.9. The van der Waals surface area contributed by atoms with Crippen LogP contribution in [0, 0.1) is 0 Å². The number of amides is 1. The van der Waals surface area contributed by atoms with Crippen LogP contribution in [0.2, 0.25) is 0 Å². The van der Waals surface area contributed by atoms with Gasteiger partial charge in [0, 0.05) is 17.1 Å². The number of benzene rings is 1. The van der Waals surface area contributed by atoms with E-state index < -0.39 is 9.84 Å². The van der Waals surface area contributed by atoms with Crippen LogP contribution in [-0.2, 0) is 9.84 Å². The summed E-state index contributed by atoms with van der Waals surface area (Å²) in [5.74, 6) is 0.0401. The Balaban J connectivity index is 1.87. The fourth-order valence-corrected chi connectivity index (χ4v) is 5.22. The number of hydrogen-bond acceptors (Lipinski definition) is 3. The summed E-state index contributed by atoms with van der Waals surface area (Å²) in [5, 5.41) is -0.353. The topological polar surface area (TPSA) is 54.5 Å². The minimum absolute atomic E-state index is 0.0788. The van der Waals surface area contributed by atoms with Crippen molar-refractivity contribution in [3.63, 3.8) is 0 Å². The van der Waals surface area contributed by atoms with Gasteiger partial charge >= 0.3 is 0 Å². The van der Waals surface area contributed by atoms with Crippen molar-refractivity contribution in [2.24, 2.45) is 0 Å². The summed E-state index contributed by atoms with van der Waals surface area (Å²) >= 11 is 3.35. The van der Waals surface area contributed by atoms with Crippen LogP contribution in [-0.4, -0.2) is 42.8 Å². The van der Waals surface area contributed by atoms with Gasteiger partial charge in [-0.05, 0) is 34.5 Å². The number of likely N-dealkylation sites (tertiary alicyclic amines) is 1. The minimum Gasteiger partial charge on any atom is -0.333 e. The van der Waals surface area contributed by atoms with E-state index in [1.165, 1.54) is 0 Å². The molecule has 2 heterocycles. The second-order valence-electron chi connectivity index (χ2n) is 4.78. The van der Waals surface area contributed by atoms with Crippen molar-refractivity contribution in [3.05, 3.63) is 34.3 Å². The van der Waals surface area contributed by atoms with Crippen LogP contribution in [0.25, 0.3) is 0 Å². The fourth-order valence-electron chi connectivity index (χ4n) is 2.73. The van der Waals surface area contributed by atoms with Crippen LogP contribution in [0.4, 0.5) is 0 Å². The molecule has 0 N–H and O–H groups in total. The smallest absolute Gasteiger partial charge is 0.255 e. The van der Waals surface area contributed by atoms with E-state index in [1.54, 1.807) is 11.0 Å². The molecule has 96 valence electrons. The molecule has 1 amide bonds. The second-order valence-corrected chi connectivity index (χ2v) is 7.96. The molecule has 2 atom stereocenters. The van der Waals surface area contributed by atoms with Gasteiger partial charge in [0.2, 0.25) is 0 Å². The molecule has 0 aliphatic carbocycles. The predicted octanol–water partition coefficient (Wildman–Crippen LogP) is 1.46. The summed E-state index contributed by atoms with van der Waals surface area (Å²) < 4.78 is 24.0. The molecule has 4 nitrogen and oxygen atoms in total. The number of fused-ring (bicyclic) bond motifs is 2. The molecule has 0 saturated carbocycles. The summed E-state index contributed by atoms with van der Waals surface area (Å²) in [4.78, 5) is 14.1. The molecule has 1 aromatic carbocycles. The molecule has 1 aromatic rings. The molecule has 0 spiro atoms. The van der Waals surface area contributed by atoms with E-state index >= 15 is 0 Å². The molecule has 2 saturated heterocycles. The van der Waals surface area contributed by atoms with Crippen molar-refractivity contribution in [3.8, 4) is 0 Å². The van der Waals surface area contributed by atoms with Gasteiger partial charge in [0.25, 0.3) is 5.91 Å². The number of carbonyl (C=O) groups excluding carboxylic acids is 1. The monoisotopic (exact) mass is 329 g/mol. The molecule has 18 heavy (non-hydrogen) atoms. The van der Waals surface area contributed by atoms with Gasteiger partial charge in [-0.15, -0.1) is 0 Å². The lowest BCUT2D eigenvalue weighted by Gasteiger charge is -2.27. The summed E-state index contributed by atoms with van der Waals surface area (Å²) in [6, 6.07) is 7.09. The van der Waals surface area contributed by atoms with Crippen molar-refractivity contribution in [2.75, 3.05) is 12.3 Å². The van der Waals surface area contributed by atoms with Gasteiger partial charge in [-0.25, -0.2) is 8.42 Å². The number of rotatable bonds is 1.